The summed E-state index contributed by atoms with van der Waals surface area (Å²) in [5.41, 5.74) is 1.69. The summed E-state index contributed by atoms with van der Waals surface area (Å²) in [6, 6.07) is 5.50. The Morgan fingerprint density at radius 2 is 1.95 bits per heavy atom. The summed E-state index contributed by atoms with van der Waals surface area (Å²) in [5, 5.41) is 0.456. The van der Waals surface area contributed by atoms with E-state index in [4.69, 9.17) is 21.1 Å². The normalized spacial score (nSPS) is 10.4. The number of hydrogen-bond donors (Lipinski definition) is 0. The molecule has 0 spiro atoms. The van der Waals surface area contributed by atoms with Crippen molar-refractivity contribution in [3.05, 3.63) is 32.6 Å². The number of hydrogen-bond acceptors (Lipinski definition) is 4. The van der Waals surface area contributed by atoms with Crippen LogP contribution in [0.2, 0.25) is 5.15 Å². The van der Waals surface area contributed by atoms with Crippen molar-refractivity contribution >= 4 is 34.2 Å². The van der Waals surface area contributed by atoms with Gasteiger partial charge >= 0.3 is 0 Å². The van der Waals surface area contributed by atoms with Gasteiger partial charge in [-0.15, -0.1) is 0 Å². The Morgan fingerprint density at radius 3 is 2.55 bits per heavy atom. The summed E-state index contributed by atoms with van der Waals surface area (Å²) < 4.78 is 11.5. The molecule has 1 heterocycles. The van der Waals surface area contributed by atoms with Crippen molar-refractivity contribution in [2.45, 2.75) is 13.3 Å². The Morgan fingerprint density at radius 1 is 1.20 bits per heavy atom. The van der Waals surface area contributed by atoms with Gasteiger partial charge in [0.25, 0.3) is 0 Å². The highest BCUT2D eigenvalue weighted by Crippen LogP contribution is 2.33. The molecule has 0 aliphatic rings. The van der Waals surface area contributed by atoms with E-state index in [0.717, 1.165) is 27.0 Å². The summed E-state index contributed by atoms with van der Waals surface area (Å²) in [4.78, 5) is 8.91. The first kappa shape index (κ1) is 15.3. The third kappa shape index (κ3) is 2.98. The molecule has 0 atom stereocenters. The fourth-order valence-corrected chi connectivity index (χ4v) is 2.62. The SMILES string of the molecule is CCc1nc(-c2cc(OC)ccc2OC)nc(Cl)c1I. The van der Waals surface area contributed by atoms with Crippen molar-refractivity contribution in [1.82, 2.24) is 9.97 Å². The lowest BCUT2D eigenvalue weighted by molar-refractivity contribution is 0.404. The van der Waals surface area contributed by atoms with Gasteiger partial charge in [-0.3, -0.25) is 0 Å². The number of halogens is 2. The smallest absolute Gasteiger partial charge is 0.165 e. The average Bonchev–Trinajstić information content (AvgIpc) is 2.49. The Kier molecular flexibility index (Phi) is 5.04. The molecule has 0 bridgehead atoms. The molecule has 0 N–H and O–H groups in total. The molecule has 0 aliphatic carbocycles. The van der Waals surface area contributed by atoms with Crippen molar-refractivity contribution in [1.29, 1.82) is 0 Å². The Balaban J connectivity index is 2.63. The van der Waals surface area contributed by atoms with E-state index in [9.17, 15) is 0 Å². The highest BCUT2D eigenvalue weighted by molar-refractivity contribution is 14.1. The zero-order valence-corrected chi connectivity index (χ0v) is 14.3. The van der Waals surface area contributed by atoms with E-state index in [-0.39, 0.29) is 0 Å². The van der Waals surface area contributed by atoms with E-state index in [1.54, 1.807) is 14.2 Å². The molecule has 0 saturated heterocycles. The Bertz CT molecular complexity index is 635. The molecule has 2 rings (SSSR count). The molecule has 0 radical (unpaired) electrons. The summed E-state index contributed by atoms with van der Waals surface area (Å²) >= 11 is 8.35. The molecule has 0 fully saturated rings. The Labute approximate surface area is 136 Å². The van der Waals surface area contributed by atoms with E-state index in [2.05, 4.69) is 32.6 Å². The fourth-order valence-electron chi connectivity index (χ4n) is 1.81. The molecule has 106 valence electrons. The van der Waals surface area contributed by atoms with Crippen LogP contribution in [0.4, 0.5) is 0 Å². The van der Waals surface area contributed by atoms with Crippen LogP contribution in [0.1, 0.15) is 12.6 Å². The Hall–Kier alpha value is -1.08. The van der Waals surface area contributed by atoms with Gasteiger partial charge in [-0.25, -0.2) is 9.97 Å². The van der Waals surface area contributed by atoms with E-state index >= 15 is 0 Å². The van der Waals surface area contributed by atoms with Gasteiger partial charge in [0.05, 0.1) is 29.0 Å². The number of aryl methyl sites for hydroxylation is 1. The third-order valence-electron chi connectivity index (χ3n) is 2.86. The first-order valence-corrected chi connectivity index (χ1v) is 7.50. The van der Waals surface area contributed by atoms with E-state index in [1.165, 1.54) is 0 Å². The number of nitrogens with zero attached hydrogens (tertiary/aromatic N) is 2. The van der Waals surface area contributed by atoms with Gasteiger partial charge in [-0.1, -0.05) is 18.5 Å². The molecular formula is C14H14ClIN2O2. The predicted octanol–water partition coefficient (Wildman–Crippen LogP) is 3.98. The summed E-state index contributed by atoms with van der Waals surface area (Å²) in [6.45, 7) is 2.04. The maximum Gasteiger partial charge on any atom is 0.165 e. The lowest BCUT2D eigenvalue weighted by Crippen LogP contribution is -2.01. The van der Waals surface area contributed by atoms with Crippen LogP contribution in [-0.4, -0.2) is 24.2 Å². The monoisotopic (exact) mass is 404 g/mol. The zero-order valence-electron chi connectivity index (χ0n) is 11.4. The number of benzene rings is 1. The quantitative estimate of drug-likeness (QED) is 0.571. The molecule has 2 aromatic rings. The molecule has 20 heavy (non-hydrogen) atoms. The molecule has 0 saturated carbocycles. The first-order valence-electron chi connectivity index (χ1n) is 6.05. The number of aromatic nitrogens is 2. The van der Waals surface area contributed by atoms with Crippen LogP contribution in [0.3, 0.4) is 0 Å². The van der Waals surface area contributed by atoms with Gasteiger partial charge < -0.3 is 9.47 Å². The number of methoxy groups -OCH3 is 2. The largest absolute Gasteiger partial charge is 0.497 e. The second-order valence-corrected chi connectivity index (χ2v) is 5.46. The lowest BCUT2D eigenvalue weighted by atomic mass is 10.1. The molecule has 0 aliphatic heterocycles. The van der Waals surface area contributed by atoms with Crippen molar-refractivity contribution in [2.24, 2.45) is 0 Å². The van der Waals surface area contributed by atoms with Crippen LogP contribution < -0.4 is 9.47 Å². The second kappa shape index (κ2) is 6.58. The van der Waals surface area contributed by atoms with Gasteiger partial charge in [0.15, 0.2) is 5.82 Å². The molecule has 6 heteroatoms. The second-order valence-electron chi connectivity index (χ2n) is 4.02. The molecule has 1 aromatic heterocycles. The third-order valence-corrected chi connectivity index (χ3v) is 4.59. The van der Waals surface area contributed by atoms with Gasteiger partial charge in [0, 0.05) is 0 Å². The number of ether oxygens (including phenoxy) is 2. The van der Waals surface area contributed by atoms with Gasteiger partial charge in [-0.05, 0) is 47.2 Å². The maximum absolute atomic E-state index is 6.19. The van der Waals surface area contributed by atoms with Gasteiger partial charge in [0.1, 0.15) is 16.7 Å². The van der Waals surface area contributed by atoms with Crippen molar-refractivity contribution in [3.8, 4) is 22.9 Å². The van der Waals surface area contributed by atoms with Crippen LogP contribution in [0.25, 0.3) is 11.4 Å². The van der Waals surface area contributed by atoms with Gasteiger partial charge in [0.2, 0.25) is 0 Å². The molecule has 0 amide bonds. The lowest BCUT2D eigenvalue weighted by Gasteiger charge is -2.11. The molecule has 1 aromatic carbocycles. The van der Waals surface area contributed by atoms with Crippen molar-refractivity contribution in [3.63, 3.8) is 0 Å². The highest BCUT2D eigenvalue weighted by Gasteiger charge is 2.15. The standard InChI is InChI=1S/C14H14ClIN2O2/c1-4-10-12(16)13(15)18-14(17-10)9-7-8(19-2)5-6-11(9)20-3/h5-7H,4H2,1-3H3. The topological polar surface area (TPSA) is 44.2 Å². The number of rotatable bonds is 4. The minimum atomic E-state index is 0.456. The van der Waals surface area contributed by atoms with Crippen LogP contribution >= 0.6 is 34.2 Å². The van der Waals surface area contributed by atoms with Crippen LogP contribution in [0, 0.1) is 3.57 Å². The van der Waals surface area contributed by atoms with Crippen molar-refractivity contribution in [2.75, 3.05) is 14.2 Å². The maximum atomic E-state index is 6.19. The van der Waals surface area contributed by atoms with Crippen LogP contribution in [0.15, 0.2) is 18.2 Å². The van der Waals surface area contributed by atoms with E-state index < -0.39 is 0 Å². The van der Waals surface area contributed by atoms with Gasteiger partial charge in [-0.2, -0.15) is 0 Å². The summed E-state index contributed by atoms with van der Waals surface area (Å²) in [5.74, 6) is 1.95. The first-order chi connectivity index (χ1) is 9.60. The summed E-state index contributed by atoms with van der Waals surface area (Å²) in [7, 11) is 3.23. The molecule has 0 unspecified atom stereocenters. The predicted molar refractivity (Wildman–Crippen MR) is 87.7 cm³/mol. The minimum Gasteiger partial charge on any atom is -0.497 e. The van der Waals surface area contributed by atoms with Crippen LogP contribution in [-0.2, 0) is 6.42 Å². The van der Waals surface area contributed by atoms with Crippen molar-refractivity contribution < 1.29 is 9.47 Å². The fraction of sp³-hybridized carbons (Fsp3) is 0.286. The minimum absolute atomic E-state index is 0.456. The van der Waals surface area contributed by atoms with E-state index in [0.29, 0.717) is 16.7 Å². The molecule has 4 nitrogen and oxygen atoms in total. The summed E-state index contributed by atoms with van der Waals surface area (Å²) in [6.07, 6.45) is 0.791. The van der Waals surface area contributed by atoms with E-state index in [1.807, 2.05) is 25.1 Å². The molecular weight excluding hydrogens is 391 g/mol. The zero-order chi connectivity index (χ0) is 14.7. The highest BCUT2D eigenvalue weighted by atomic mass is 127. The average molecular weight is 405 g/mol. The van der Waals surface area contributed by atoms with Crippen LogP contribution in [0.5, 0.6) is 11.5 Å².